The molecule has 1 aliphatic rings. The lowest BCUT2D eigenvalue weighted by Crippen LogP contribution is -2.57. The largest absolute Gasteiger partial charge is 0.381 e. The Bertz CT molecular complexity index is 1370. The molecular formula is C30H31Cl2N3O4S. The van der Waals surface area contributed by atoms with Crippen LogP contribution in [0.5, 0.6) is 0 Å². The second kappa shape index (κ2) is 13.5. The van der Waals surface area contributed by atoms with E-state index in [9.17, 15) is 19.5 Å². The van der Waals surface area contributed by atoms with Gasteiger partial charge in [-0.1, -0.05) is 84.7 Å². The zero-order chi connectivity index (χ0) is 28.8. The molecule has 1 heterocycles. The highest BCUT2D eigenvalue weighted by molar-refractivity contribution is 8.00. The lowest BCUT2D eigenvalue weighted by Gasteiger charge is -2.31. The smallest absolute Gasteiger partial charge is 0.254 e. The molecule has 1 fully saturated rings. The second-order valence-corrected chi connectivity index (χ2v) is 11.9. The summed E-state index contributed by atoms with van der Waals surface area (Å²) in [6.07, 6.45) is -1.42. The summed E-state index contributed by atoms with van der Waals surface area (Å²) in [5, 5.41) is 17.4. The Hall–Kier alpha value is -3.04. The zero-order valence-corrected chi connectivity index (χ0v) is 24.5. The number of nitrogens with zero attached hydrogens (tertiary/aromatic N) is 1. The molecule has 3 aromatic rings. The maximum atomic E-state index is 13.7. The van der Waals surface area contributed by atoms with Crippen molar-refractivity contribution in [2.75, 3.05) is 5.88 Å². The Kier molecular flexibility index (Phi) is 10.1. The number of thioether (sulfide) groups is 1. The molecule has 10 heteroatoms. The van der Waals surface area contributed by atoms with Gasteiger partial charge in [0.1, 0.15) is 6.04 Å². The molecule has 3 aromatic carbocycles. The first-order valence-corrected chi connectivity index (χ1v) is 14.7. The third kappa shape index (κ3) is 7.18. The van der Waals surface area contributed by atoms with Crippen LogP contribution in [0.3, 0.4) is 0 Å². The van der Waals surface area contributed by atoms with Crippen LogP contribution >= 0.6 is 35.0 Å². The van der Waals surface area contributed by atoms with Crippen LogP contribution in [0.2, 0.25) is 10.0 Å². The number of hydrogen-bond acceptors (Lipinski definition) is 5. The number of halogens is 2. The van der Waals surface area contributed by atoms with Crippen LogP contribution in [-0.2, 0) is 22.6 Å². The molecule has 0 spiro atoms. The van der Waals surface area contributed by atoms with Gasteiger partial charge in [-0.25, -0.2) is 0 Å². The van der Waals surface area contributed by atoms with Gasteiger partial charge in [0.05, 0.1) is 22.5 Å². The molecule has 0 bridgehead atoms. The van der Waals surface area contributed by atoms with Crippen molar-refractivity contribution in [1.29, 1.82) is 0 Å². The first-order chi connectivity index (χ1) is 19.2. The topological polar surface area (TPSA) is 98.7 Å². The standard InChI is InChI=1S/C30H31Cl2N3O4S/c1-18-8-6-7-11-21(18)16-33-29(38)26-19(2)40-17-35(26)30(39)27(36)25(14-20-9-4-3-5-10-20)34-28(37)23-13-12-22(31)15-24(23)32/h3-13,15,19,25-27,36H,14,16-17H2,1-2H3,(H,33,38)(H,34,37)/t19?,25?,26-,27-/m0/s1. The van der Waals surface area contributed by atoms with Crippen LogP contribution < -0.4 is 10.6 Å². The lowest BCUT2D eigenvalue weighted by molar-refractivity contribution is -0.146. The minimum absolute atomic E-state index is 0.152. The number of aliphatic hydroxyl groups excluding tert-OH is 1. The maximum absolute atomic E-state index is 13.7. The molecule has 40 heavy (non-hydrogen) atoms. The Morgan fingerprint density at radius 3 is 2.45 bits per heavy atom. The zero-order valence-electron chi connectivity index (χ0n) is 22.1. The van der Waals surface area contributed by atoms with Crippen LogP contribution in [0.4, 0.5) is 0 Å². The van der Waals surface area contributed by atoms with Gasteiger partial charge in [0.15, 0.2) is 6.10 Å². The number of rotatable bonds is 9. The van der Waals surface area contributed by atoms with E-state index < -0.39 is 30.0 Å². The highest BCUT2D eigenvalue weighted by Crippen LogP contribution is 2.30. The van der Waals surface area contributed by atoms with Crippen molar-refractivity contribution in [2.24, 2.45) is 0 Å². The average Bonchev–Trinajstić information content (AvgIpc) is 3.33. The van der Waals surface area contributed by atoms with Gasteiger partial charge in [0.25, 0.3) is 11.8 Å². The number of carbonyl (C=O) groups is 3. The monoisotopic (exact) mass is 599 g/mol. The van der Waals surface area contributed by atoms with Crippen LogP contribution in [0.25, 0.3) is 0 Å². The summed E-state index contributed by atoms with van der Waals surface area (Å²) in [6.45, 7) is 4.19. The quantitative estimate of drug-likeness (QED) is 0.333. The summed E-state index contributed by atoms with van der Waals surface area (Å²) in [5.74, 6) is -1.23. The summed E-state index contributed by atoms with van der Waals surface area (Å²) in [5.41, 5.74) is 3.03. The molecule has 0 saturated carbocycles. The number of hydrogen-bond donors (Lipinski definition) is 3. The Morgan fingerprint density at radius 1 is 1.05 bits per heavy atom. The maximum Gasteiger partial charge on any atom is 0.254 e. The van der Waals surface area contributed by atoms with Crippen molar-refractivity contribution in [2.45, 2.75) is 50.3 Å². The number of nitrogens with one attached hydrogen (secondary N) is 2. The molecule has 7 nitrogen and oxygen atoms in total. The minimum Gasteiger partial charge on any atom is -0.381 e. The fourth-order valence-electron chi connectivity index (χ4n) is 4.64. The van der Waals surface area contributed by atoms with Crippen LogP contribution in [0.15, 0.2) is 72.8 Å². The first-order valence-electron chi connectivity index (χ1n) is 12.9. The van der Waals surface area contributed by atoms with E-state index in [1.807, 2.05) is 68.4 Å². The van der Waals surface area contributed by atoms with Crippen molar-refractivity contribution in [3.05, 3.63) is 105 Å². The van der Waals surface area contributed by atoms with Crippen molar-refractivity contribution in [1.82, 2.24) is 15.5 Å². The molecular weight excluding hydrogens is 569 g/mol. The highest BCUT2D eigenvalue weighted by Gasteiger charge is 2.43. The first kappa shape index (κ1) is 29.9. The van der Waals surface area contributed by atoms with Gasteiger partial charge in [0.2, 0.25) is 5.91 Å². The lowest BCUT2D eigenvalue weighted by atomic mass is 9.99. The summed E-state index contributed by atoms with van der Waals surface area (Å²) >= 11 is 13.7. The minimum atomic E-state index is -1.60. The van der Waals surface area contributed by atoms with Gasteiger partial charge < -0.3 is 20.6 Å². The number of aryl methyl sites for hydroxylation is 1. The number of aliphatic hydroxyl groups is 1. The molecule has 4 rings (SSSR count). The van der Waals surface area contributed by atoms with Gasteiger partial charge in [-0.2, -0.15) is 0 Å². The molecule has 1 aliphatic heterocycles. The van der Waals surface area contributed by atoms with Crippen LogP contribution in [0, 0.1) is 6.92 Å². The van der Waals surface area contributed by atoms with Crippen molar-refractivity contribution in [3.8, 4) is 0 Å². The average molecular weight is 601 g/mol. The van der Waals surface area contributed by atoms with E-state index in [-0.39, 0.29) is 34.0 Å². The second-order valence-electron chi connectivity index (χ2n) is 9.74. The van der Waals surface area contributed by atoms with E-state index >= 15 is 0 Å². The van der Waals surface area contributed by atoms with Gasteiger partial charge in [-0.15, -0.1) is 11.8 Å². The van der Waals surface area contributed by atoms with Crippen molar-refractivity contribution < 1.29 is 19.5 Å². The fourth-order valence-corrected chi connectivity index (χ4v) is 6.28. The van der Waals surface area contributed by atoms with Crippen molar-refractivity contribution >= 4 is 52.7 Å². The number of carbonyl (C=O) groups excluding carboxylic acids is 3. The van der Waals surface area contributed by atoms with Gasteiger partial charge >= 0.3 is 0 Å². The van der Waals surface area contributed by atoms with E-state index in [4.69, 9.17) is 23.2 Å². The van der Waals surface area contributed by atoms with Crippen LogP contribution in [-0.4, -0.2) is 57.0 Å². The molecule has 2 unspecified atom stereocenters. The molecule has 0 radical (unpaired) electrons. The third-order valence-electron chi connectivity index (χ3n) is 6.95. The molecule has 3 N–H and O–H groups in total. The van der Waals surface area contributed by atoms with Crippen molar-refractivity contribution in [3.63, 3.8) is 0 Å². The SMILES string of the molecule is Cc1ccccc1CNC(=O)[C@@H]1C(C)SCN1C(=O)[C@@H](O)C(Cc1ccccc1)NC(=O)c1ccc(Cl)cc1Cl. The Balaban J connectivity index is 1.52. The molecule has 4 atom stereocenters. The predicted octanol–water partition coefficient (Wildman–Crippen LogP) is 4.61. The van der Waals surface area contributed by atoms with E-state index in [0.29, 0.717) is 11.6 Å². The molecule has 210 valence electrons. The Labute approximate surface area is 248 Å². The molecule has 1 saturated heterocycles. The number of benzene rings is 3. The molecule has 0 aromatic heterocycles. The predicted molar refractivity (Wildman–Crippen MR) is 159 cm³/mol. The van der Waals surface area contributed by atoms with Crippen LogP contribution in [0.1, 0.15) is 34.0 Å². The summed E-state index contributed by atoms with van der Waals surface area (Å²) in [7, 11) is 0. The third-order valence-corrected chi connectivity index (χ3v) is 8.71. The molecule has 3 amide bonds. The fraction of sp³-hybridized carbons (Fsp3) is 0.300. The van der Waals surface area contributed by atoms with Gasteiger partial charge in [-0.3, -0.25) is 14.4 Å². The van der Waals surface area contributed by atoms with E-state index in [2.05, 4.69) is 10.6 Å². The van der Waals surface area contributed by atoms with E-state index in [0.717, 1.165) is 16.7 Å². The van der Waals surface area contributed by atoms with E-state index in [1.54, 1.807) is 6.07 Å². The summed E-state index contributed by atoms with van der Waals surface area (Å²) in [6, 6.07) is 19.7. The summed E-state index contributed by atoms with van der Waals surface area (Å²) in [4.78, 5) is 41.5. The highest BCUT2D eigenvalue weighted by atomic mass is 35.5. The number of amides is 3. The van der Waals surface area contributed by atoms with Gasteiger partial charge in [0, 0.05) is 16.8 Å². The van der Waals surface area contributed by atoms with E-state index in [1.165, 1.54) is 28.8 Å². The van der Waals surface area contributed by atoms with Gasteiger partial charge in [-0.05, 0) is 48.2 Å². The Morgan fingerprint density at radius 2 is 1.75 bits per heavy atom. The normalized spacial score (nSPS) is 18.2. The molecule has 0 aliphatic carbocycles. The summed E-state index contributed by atoms with van der Waals surface area (Å²) < 4.78 is 0.